The van der Waals surface area contributed by atoms with E-state index < -0.39 is 0 Å². The van der Waals surface area contributed by atoms with Crippen molar-refractivity contribution >= 4 is 5.91 Å². The van der Waals surface area contributed by atoms with Crippen molar-refractivity contribution in [3.8, 4) is 0 Å². The van der Waals surface area contributed by atoms with Crippen molar-refractivity contribution in [2.45, 2.75) is 68.2 Å². The van der Waals surface area contributed by atoms with Gasteiger partial charge in [-0.25, -0.2) is 0 Å². The summed E-state index contributed by atoms with van der Waals surface area (Å²) in [7, 11) is 0. The standard InChI is InChI=1S/C18H37NO2/c1-14(2)9-11-21-12-10-19-16(20)18(7,8)13-17(5,6)15(3)4/h14-15H,9-13H2,1-8H3,(H,19,20). The van der Waals surface area contributed by atoms with Crippen LogP contribution < -0.4 is 5.32 Å². The predicted octanol–water partition coefficient (Wildman–Crippen LogP) is 4.26. The van der Waals surface area contributed by atoms with Crippen LogP contribution in [-0.2, 0) is 9.53 Å². The topological polar surface area (TPSA) is 38.3 Å². The fourth-order valence-corrected chi connectivity index (χ4v) is 2.32. The molecule has 3 nitrogen and oxygen atoms in total. The fraction of sp³-hybridized carbons (Fsp3) is 0.944. The Labute approximate surface area is 132 Å². The molecule has 0 aliphatic rings. The highest BCUT2D eigenvalue weighted by molar-refractivity contribution is 5.81. The Hall–Kier alpha value is -0.570. The van der Waals surface area contributed by atoms with Gasteiger partial charge < -0.3 is 10.1 Å². The smallest absolute Gasteiger partial charge is 0.225 e. The molecule has 0 unspecified atom stereocenters. The molecule has 0 heterocycles. The van der Waals surface area contributed by atoms with Crippen LogP contribution in [0.1, 0.15) is 68.2 Å². The minimum Gasteiger partial charge on any atom is -0.380 e. The third-order valence-corrected chi connectivity index (χ3v) is 4.45. The zero-order chi connectivity index (χ0) is 16.7. The highest BCUT2D eigenvalue weighted by Crippen LogP contribution is 2.39. The molecule has 0 aliphatic carbocycles. The number of rotatable bonds is 10. The van der Waals surface area contributed by atoms with Crippen molar-refractivity contribution in [2.24, 2.45) is 22.7 Å². The molecule has 0 aliphatic heterocycles. The Morgan fingerprint density at radius 3 is 2.10 bits per heavy atom. The summed E-state index contributed by atoms with van der Waals surface area (Å²) in [6, 6.07) is 0. The zero-order valence-corrected chi connectivity index (χ0v) is 15.5. The molecule has 0 rings (SSSR count). The van der Waals surface area contributed by atoms with Crippen molar-refractivity contribution in [2.75, 3.05) is 19.8 Å². The van der Waals surface area contributed by atoms with Gasteiger partial charge in [0.15, 0.2) is 0 Å². The summed E-state index contributed by atoms with van der Waals surface area (Å²) in [5.41, 5.74) is -0.180. The van der Waals surface area contributed by atoms with Gasteiger partial charge in [-0.3, -0.25) is 4.79 Å². The number of hydrogen-bond donors (Lipinski definition) is 1. The van der Waals surface area contributed by atoms with E-state index in [1.165, 1.54) is 0 Å². The first-order valence-corrected chi connectivity index (χ1v) is 8.35. The molecular formula is C18H37NO2. The monoisotopic (exact) mass is 299 g/mol. The van der Waals surface area contributed by atoms with Crippen LogP contribution in [0.15, 0.2) is 0 Å². The quantitative estimate of drug-likeness (QED) is 0.612. The van der Waals surface area contributed by atoms with Crippen LogP contribution in [0.25, 0.3) is 0 Å². The molecule has 0 fully saturated rings. The molecular weight excluding hydrogens is 262 g/mol. The van der Waals surface area contributed by atoms with Crippen LogP contribution in [0.3, 0.4) is 0 Å². The van der Waals surface area contributed by atoms with Crippen LogP contribution in [0.4, 0.5) is 0 Å². The molecule has 1 N–H and O–H groups in total. The Kier molecular flexibility index (Phi) is 8.53. The molecule has 0 atom stereocenters. The number of nitrogens with one attached hydrogen (secondary N) is 1. The largest absolute Gasteiger partial charge is 0.380 e. The number of carbonyl (C=O) groups is 1. The van der Waals surface area contributed by atoms with Gasteiger partial charge in [0, 0.05) is 18.6 Å². The second kappa shape index (κ2) is 8.77. The van der Waals surface area contributed by atoms with Gasteiger partial charge in [-0.15, -0.1) is 0 Å². The van der Waals surface area contributed by atoms with Gasteiger partial charge in [0.1, 0.15) is 0 Å². The molecule has 0 radical (unpaired) electrons. The molecule has 126 valence electrons. The van der Waals surface area contributed by atoms with Crippen molar-refractivity contribution in [1.29, 1.82) is 0 Å². The lowest BCUT2D eigenvalue weighted by atomic mass is 9.69. The third-order valence-electron chi connectivity index (χ3n) is 4.45. The first-order chi connectivity index (χ1) is 9.49. The molecule has 0 aromatic rings. The van der Waals surface area contributed by atoms with Crippen molar-refractivity contribution in [1.82, 2.24) is 5.32 Å². The molecule has 21 heavy (non-hydrogen) atoms. The number of hydrogen-bond acceptors (Lipinski definition) is 2. The van der Waals surface area contributed by atoms with E-state index >= 15 is 0 Å². The molecule has 0 aromatic heterocycles. The van der Waals surface area contributed by atoms with Gasteiger partial charge in [-0.1, -0.05) is 55.4 Å². The van der Waals surface area contributed by atoms with E-state index in [1.807, 2.05) is 13.8 Å². The second-order valence-corrected chi connectivity index (χ2v) is 8.25. The molecule has 0 aromatic carbocycles. The van der Waals surface area contributed by atoms with Gasteiger partial charge >= 0.3 is 0 Å². The predicted molar refractivity (Wildman–Crippen MR) is 90.3 cm³/mol. The maximum Gasteiger partial charge on any atom is 0.225 e. The Bertz CT molecular complexity index is 306. The van der Waals surface area contributed by atoms with Crippen LogP contribution in [-0.4, -0.2) is 25.7 Å². The highest BCUT2D eigenvalue weighted by Gasteiger charge is 2.35. The van der Waals surface area contributed by atoms with E-state index in [9.17, 15) is 4.79 Å². The summed E-state index contributed by atoms with van der Waals surface area (Å²) in [5, 5.41) is 3.01. The lowest BCUT2D eigenvalue weighted by molar-refractivity contribution is -0.131. The number of ether oxygens (including phenoxy) is 1. The second-order valence-electron chi connectivity index (χ2n) is 8.25. The van der Waals surface area contributed by atoms with E-state index in [1.54, 1.807) is 0 Å². The maximum absolute atomic E-state index is 12.3. The number of amides is 1. The Balaban J connectivity index is 4.09. The van der Waals surface area contributed by atoms with E-state index in [2.05, 4.69) is 46.9 Å². The molecule has 0 saturated carbocycles. The Morgan fingerprint density at radius 1 is 1.05 bits per heavy atom. The molecule has 0 spiro atoms. The summed E-state index contributed by atoms with van der Waals surface area (Å²) in [4.78, 5) is 12.3. The molecule has 0 bridgehead atoms. The summed E-state index contributed by atoms with van der Waals surface area (Å²) >= 11 is 0. The molecule has 1 amide bonds. The SMILES string of the molecule is CC(C)CCOCCNC(=O)C(C)(C)CC(C)(C)C(C)C. The number of carbonyl (C=O) groups excluding carboxylic acids is 1. The third kappa shape index (κ3) is 8.45. The minimum absolute atomic E-state index is 0.128. The van der Waals surface area contributed by atoms with Crippen LogP contribution in [0.5, 0.6) is 0 Å². The average Bonchev–Trinajstić information content (AvgIpc) is 2.31. The van der Waals surface area contributed by atoms with Crippen LogP contribution in [0, 0.1) is 22.7 Å². The van der Waals surface area contributed by atoms with Crippen LogP contribution in [0.2, 0.25) is 0 Å². The Morgan fingerprint density at radius 2 is 1.62 bits per heavy atom. The van der Waals surface area contributed by atoms with E-state index in [0.717, 1.165) is 19.4 Å². The normalized spacial score (nSPS) is 13.0. The van der Waals surface area contributed by atoms with Crippen molar-refractivity contribution < 1.29 is 9.53 Å². The lowest BCUT2D eigenvalue weighted by Gasteiger charge is -2.37. The van der Waals surface area contributed by atoms with Gasteiger partial charge in [-0.05, 0) is 30.1 Å². The first kappa shape index (κ1) is 20.4. The summed E-state index contributed by atoms with van der Waals surface area (Å²) in [5.74, 6) is 1.35. The summed E-state index contributed by atoms with van der Waals surface area (Å²) < 4.78 is 5.53. The van der Waals surface area contributed by atoms with E-state index in [4.69, 9.17) is 4.74 Å². The van der Waals surface area contributed by atoms with E-state index in [-0.39, 0.29) is 16.7 Å². The van der Waals surface area contributed by atoms with E-state index in [0.29, 0.717) is 25.0 Å². The molecule has 0 saturated heterocycles. The van der Waals surface area contributed by atoms with Gasteiger partial charge in [0.2, 0.25) is 5.91 Å². The fourth-order valence-electron chi connectivity index (χ4n) is 2.32. The van der Waals surface area contributed by atoms with Gasteiger partial charge in [0.25, 0.3) is 0 Å². The van der Waals surface area contributed by atoms with Gasteiger partial charge in [0.05, 0.1) is 6.61 Å². The summed E-state index contributed by atoms with van der Waals surface area (Å²) in [6.07, 6.45) is 1.96. The highest BCUT2D eigenvalue weighted by atomic mass is 16.5. The van der Waals surface area contributed by atoms with Gasteiger partial charge in [-0.2, -0.15) is 0 Å². The average molecular weight is 299 g/mol. The molecule has 3 heteroatoms. The summed E-state index contributed by atoms with van der Waals surface area (Å²) in [6.45, 7) is 19.3. The van der Waals surface area contributed by atoms with Crippen molar-refractivity contribution in [3.05, 3.63) is 0 Å². The maximum atomic E-state index is 12.3. The zero-order valence-electron chi connectivity index (χ0n) is 15.5. The lowest BCUT2D eigenvalue weighted by Crippen LogP contribution is -2.42. The van der Waals surface area contributed by atoms with Crippen LogP contribution >= 0.6 is 0 Å². The van der Waals surface area contributed by atoms with Crippen molar-refractivity contribution in [3.63, 3.8) is 0 Å². The minimum atomic E-state index is -0.342. The first-order valence-electron chi connectivity index (χ1n) is 8.35.